The normalized spacial score (nSPS) is 13.6. The Kier molecular flexibility index (Phi) is 20.9. The molecule has 0 saturated heterocycles. The molecule has 1 aliphatic heterocycles. The van der Waals surface area contributed by atoms with Crippen molar-refractivity contribution in [3.8, 4) is 5.75 Å². The number of fused-ring (bicyclic) bond motifs is 1. The first-order valence-electron chi connectivity index (χ1n) is 24.7. The summed E-state index contributed by atoms with van der Waals surface area (Å²) in [5, 5.41) is 5.99. The van der Waals surface area contributed by atoms with Crippen LogP contribution in [0, 0.1) is 0 Å². The summed E-state index contributed by atoms with van der Waals surface area (Å²) in [5.74, 6) is -0.447. The van der Waals surface area contributed by atoms with E-state index in [1.165, 1.54) is 74.8 Å². The van der Waals surface area contributed by atoms with E-state index in [0.29, 0.717) is 55.0 Å². The van der Waals surface area contributed by atoms with Gasteiger partial charge in [0.2, 0.25) is 5.91 Å². The highest BCUT2D eigenvalue weighted by molar-refractivity contribution is 7.90. The number of benzene rings is 3. The van der Waals surface area contributed by atoms with Crippen molar-refractivity contribution in [1.29, 1.82) is 0 Å². The zero-order valence-electron chi connectivity index (χ0n) is 40.6. The van der Waals surface area contributed by atoms with E-state index in [1.54, 1.807) is 72.4 Å². The lowest BCUT2D eigenvalue weighted by molar-refractivity contribution is -0.118. The maximum atomic E-state index is 14.8. The molecular formula is C53H74N6O7S. The molecule has 1 unspecified atom stereocenters. The number of aromatic nitrogens is 2. The molecule has 0 aliphatic carbocycles. The number of para-hydroxylation sites is 1. The molecule has 2 amide bonds. The average molecular weight is 939 g/mol. The van der Waals surface area contributed by atoms with Crippen LogP contribution in [-0.2, 0) is 29.8 Å². The van der Waals surface area contributed by atoms with Gasteiger partial charge in [0.25, 0.3) is 15.9 Å². The molecule has 13 nitrogen and oxygen atoms in total. The van der Waals surface area contributed by atoms with E-state index in [2.05, 4.69) is 43.3 Å². The van der Waals surface area contributed by atoms with Crippen LogP contribution in [0.15, 0.2) is 95.3 Å². The molecule has 2 heterocycles. The molecule has 2 N–H and O–H groups in total. The Morgan fingerprint density at radius 2 is 1.39 bits per heavy atom. The highest BCUT2D eigenvalue weighted by Crippen LogP contribution is 2.37. The molecule has 1 atom stereocenters. The molecule has 1 aromatic heterocycles. The number of carbonyl (C=O) groups is 3. The molecule has 0 bridgehead atoms. The van der Waals surface area contributed by atoms with Gasteiger partial charge in [-0.2, -0.15) is 0 Å². The fourth-order valence-corrected chi connectivity index (χ4v) is 9.80. The summed E-state index contributed by atoms with van der Waals surface area (Å²) in [4.78, 5) is 48.7. The lowest BCUT2D eigenvalue weighted by Crippen LogP contribution is -2.47. The van der Waals surface area contributed by atoms with Gasteiger partial charge in [-0.25, -0.2) is 23.2 Å². The monoisotopic (exact) mass is 939 g/mol. The number of unbranched alkanes of at least 4 members (excludes halogenated alkanes) is 15. The molecule has 364 valence electrons. The minimum Gasteiger partial charge on any atom is -0.491 e. The van der Waals surface area contributed by atoms with Crippen molar-refractivity contribution < 1.29 is 32.3 Å². The predicted octanol–water partition coefficient (Wildman–Crippen LogP) is 12.3. The van der Waals surface area contributed by atoms with Crippen molar-refractivity contribution in [2.75, 3.05) is 30.4 Å². The van der Waals surface area contributed by atoms with Crippen LogP contribution in [0.5, 0.6) is 5.75 Å². The zero-order valence-corrected chi connectivity index (χ0v) is 41.4. The number of rotatable bonds is 29. The van der Waals surface area contributed by atoms with Gasteiger partial charge in [-0.05, 0) is 92.1 Å². The summed E-state index contributed by atoms with van der Waals surface area (Å²) in [5.41, 5.74) is 2.49. The van der Waals surface area contributed by atoms with Gasteiger partial charge in [0.15, 0.2) is 11.9 Å². The number of hydrogen-bond acceptors (Lipinski definition) is 9. The number of amidine groups is 1. The highest BCUT2D eigenvalue weighted by atomic mass is 32.2. The van der Waals surface area contributed by atoms with Gasteiger partial charge in [-0.15, -0.1) is 0 Å². The first-order chi connectivity index (χ1) is 32.3. The Hall–Kier alpha value is -5.50. The Labute approximate surface area is 399 Å². The number of amides is 2. The molecular weight excluding hydrogens is 865 g/mol. The fraction of sp³-hybridized carbons (Fsp3) is 0.528. The lowest BCUT2D eigenvalue weighted by Gasteiger charge is -2.34. The first kappa shape index (κ1) is 52.5. The molecule has 3 aromatic carbocycles. The van der Waals surface area contributed by atoms with Crippen LogP contribution in [0.2, 0.25) is 0 Å². The van der Waals surface area contributed by atoms with Crippen molar-refractivity contribution >= 4 is 50.7 Å². The quantitative estimate of drug-likeness (QED) is 0.0402. The molecule has 14 heteroatoms. The molecule has 5 rings (SSSR count). The number of imidazole rings is 1. The summed E-state index contributed by atoms with van der Waals surface area (Å²) in [6.07, 6.45) is 23.6. The van der Waals surface area contributed by atoms with Crippen LogP contribution in [0.4, 0.5) is 17.1 Å². The number of aliphatic imine (C=N–C) groups is 1. The molecule has 1 aliphatic rings. The fourth-order valence-electron chi connectivity index (χ4n) is 8.17. The lowest BCUT2D eigenvalue weighted by atomic mass is 9.87. The standard InChI is InChI=1S/C53H74N6O7S/c1-6-8-9-10-11-12-13-14-15-16-17-18-19-24-36-59-50(56-44-26-22-23-27-47(44)67(59,63)64)49(58-37-35-54-40-58)51(61)57-45-39-42(53(3,4)5)31-34-46(45)66-38-25-20-21-28-48(60)55-43-32-29-41(30-33-43)52(62)65-7-2/h22-23,26-27,29-35,37,39-40,49H,6-21,24-25,28,36,38H2,1-5H3,(H,55,60)(H,57,61). The summed E-state index contributed by atoms with van der Waals surface area (Å²) in [6, 6.07) is 17.8. The van der Waals surface area contributed by atoms with Gasteiger partial charge < -0.3 is 24.7 Å². The number of hydrogen-bond donors (Lipinski definition) is 2. The third-order valence-corrected chi connectivity index (χ3v) is 13.9. The number of esters is 1. The average Bonchev–Trinajstić information content (AvgIpc) is 3.83. The number of sulfonamides is 1. The van der Waals surface area contributed by atoms with Crippen molar-refractivity contribution in [3.63, 3.8) is 0 Å². The second-order valence-electron chi connectivity index (χ2n) is 18.5. The summed E-state index contributed by atoms with van der Waals surface area (Å²) < 4.78 is 43.1. The highest BCUT2D eigenvalue weighted by Gasteiger charge is 2.41. The van der Waals surface area contributed by atoms with Crippen LogP contribution < -0.4 is 15.4 Å². The minimum absolute atomic E-state index is 0.107. The smallest absolute Gasteiger partial charge is 0.338 e. The Balaban J connectivity index is 1.22. The summed E-state index contributed by atoms with van der Waals surface area (Å²) in [7, 11) is -4.05. The van der Waals surface area contributed by atoms with Crippen LogP contribution in [0.1, 0.15) is 172 Å². The van der Waals surface area contributed by atoms with Crippen molar-refractivity contribution in [1.82, 2.24) is 13.9 Å². The number of ether oxygens (including phenoxy) is 2. The van der Waals surface area contributed by atoms with Gasteiger partial charge in [0.05, 0.1) is 36.5 Å². The largest absolute Gasteiger partial charge is 0.491 e. The topological polar surface area (TPSA) is 161 Å². The van der Waals surface area contributed by atoms with Crippen LogP contribution in [0.3, 0.4) is 0 Å². The molecule has 67 heavy (non-hydrogen) atoms. The van der Waals surface area contributed by atoms with Gasteiger partial charge >= 0.3 is 5.97 Å². The minimum atomic E-state index is -4.05. The Bertz CT molecular complexity index is 2310. The van der Waals surface area contributed by atoms with Crippen molar-refractivity contribution in [2.24, 2.45) is 4.99 Å². The molecule has 4 aromatic rings. The van der Waals surface area contributed by atoms with Crippen molar-refractivity contribution in [3.05, 3.63) is 96.6 Å². The van der Waals surface area contributed by atoms with E-state index in [4.69, 9.17) is 14.5 Å². The SMILES string of the molecule is CCCCCCCCCCCCCCCCN1C(C(C(=O)Nc2cc(C(C)(C)C)ccc2OCCCCCC(=O)Nc2ccc(C(=O)OCC)cc2)n2ccnc2)=Nc2ccccc2S1(=O)=O. The number of carbonyl (C=O) groups excluding carboxylic acids is 3. The van der Waals surface area contributed by atoms with E-state index in [1.807, 2.05) is 18.2 Å². The number of anilines is 2. The van der Waals surface area contributed by atoms with E-state index in [0.717, 1.165) is 31.2 Å². The number of nitrogens with zero attached hydrogens (tertiary/aromatic N) is 4. The third kappa shape index (κ3) is 16.1. The molecule has 0 fully saturated rings. The van der Waals surface area contributed by atoms with Crippen LogP contribution in [-0.4, -0.2) is 65.7 Å². The van der Waals surface area contributed by atoms with Gasteiger partial charge in [0.1, 0.15) is 10.6 Å². The maximum Gasteiger partial charge on any atom is 0.338 e. The van der Waals surface area contributed by atoms with Gasteiger partial charge in [-0.1, -0.05) is 129 Å². The van der Waals surface area contributed by atoms with E-state index < -0.39 is 27.9 Å². The zero-order chi connectivity index (χ0) is 48.1. The van der Waals surface area contributed by atoms with Crippen molar-refractivity contribution in [2.45, 2.75) is 167 Å². The van der Waals surface area contributed by atoms with Gasteiger partial charge in [-0.3, -0.25) is 13.9 Å². The van der Waals surface area contributed by atoms with E-state index in [9.17, 15) is 22.8 Å². The second kappa shape index (κ2) is 26.7. The van der Waals surface area contributed by atoms with Gasteiger partial charge in [0, 0.05) is 31.0 Å². The predicted molar refractivity (Wildman–Crippen MR) is 268 cm³/mol. The third-order valence-electron chi connectivity index (χ3n) is 12.0. The second-order valence-corrected chi connectivity index (χ2v) is 20.3. The molecule has 0 spiro atoms. The number of nitrogens with one attached hydrogen (secondary N) is 2. The maximum absolute atomic E-state index is 14.8. The molecule has 0 saturated carbocycles. The Morgan fingerprint density at radius 1 is 0.746 bits per heavy atom. The van der Waals surface area contributed by atoms with Crippen LogP contribution in [0.25, 0.3) is 0 Å². The van der Waals surface area contributed by atoms with E-state index in [-0.39, 0.29) is 40.9 Å². The summed E-state index contributed by atoms with van der Waals surface area (Å²) in [6.45, 7) is 11.1. The Morgan fingerprint density at radius 3 is 2.01 bits per heavy atom. The van der Waals surface area contributed by atoms with Crippen LogP contribution >= 0.6 is 0 Å². The van der Waals surface area contributed by atoms with E-state index >= 15 is 0 Å². The first-order valence-corrected chi connectivity index (χ1v) is 26.1. The summed E-state index contributed by atoms with van der Waals surface area (Å²) >= 11 is 0. The molecule has 0 radical (unpaired) electrons.